The second-order valence-electron chi connectivity index (χ2n) is 5.70. The van der Waals surface area contributed by atoms with Gasteiger partial charge in [0.1, 0.15) is 5.82 Å². The molecular weight excluding hydrogens is 244 g/mol. The van der Waals surface area contributed by atoms with Crippen molar-refractivity contribution >= 4 is 12.6 Å². The molecule has 0 aliphatic carbocycles. The third-order valence-corrected chi connectivity index (χ3v) is 4.19. The number of likely N-dealkylation sites (tertiary alicyclic amines) is 1. The van der Waals surface area contributed by atoms with Crippen molar-refractivity contribution in [2.45, 2.75) is 26.8 Å². The standard InChI is InChI=1S/C14H21BFNO2/c1-10-5-6-17(8-11(10)2)9-12-3-4-13(15(18)19)7-14(12)16/h3-4,7,10-11,18-19H,5-6,8-9H2,1-2H3. The SMILES string of the molecule is CC1CCN(Cc2ccc(B(O)O)cc2F)CC1C. The largest absolute Gasteiger partial charge is 0.488 e. The molecule has 0 bridgehead atoms. The topological polar surface area (TPSA) is 43.7 Å². The molecule has 104 valence electrons. The first-order valence-corrected chi connectivity index (χ1v) is 6.84. The normalized spacial score (nSPS) is 24.5. The van der Waals surface area contributed by atoms with E-state index < -0.39 is 7.12 Å². The predicted molar refractivity (Wildman–Crippen MR) is 74.4 cm³/mol. The van der Waals surface area contributed by atoms with Gasteiger partial charge >= 0.3 is 7.12 Å². The van der Waals surface area contributed by atoms with Gasteiger partial charge in [-0.2, -0.15) is 0 Å². The summed E-state index contributed by atoms with van der Waals surface area (Å²) in [5.41, 5.74) is 0.813. The maximum Gasteiger partial charge on any atom is 0.488 e. The number of piperidine rings is 1. The number of rotatable bonds is 3. The summed E-state index contributed by atoms with van der Waals surface area (Å²) in [7, 11) is -1.61. The summed E-state index contributed by atoms with van der Waals surface area (Å²) in [6, 6.07) is 4.42. The lowest BCUT2D eigenvalue weighted by Crippen LogP contribution is -2.38. The Balaban J connectivity index is 2.03. The zero-order chi connectivity index (χ0) is 14.0. The van der Waals surface area contributed by atoms with Gasteiger partial charge in [-0.05, 0) is 36.3 Å². The minimum absolute atomic E-state index is 0.196. The van der Waals surface area contributed by atoms with Gasteiger partial charge in [0.05, 0.1) is 0 Å². The van der Waals surface area contributed by atoms with E-state index >= 15 is 0 Å². The maximum atomic E-state index is 13.9. The summed E-state index contributed by atoms with van der Waals surface area (Å²) >= 11 is 0. The Morgan fingerprint density at radius 1 is 1.32 bits per heavy atom. The van der Waals surface area contributed by atoms with E-state index in [1.54, 1.807) is 12.1 Å². The fourth-order valence-corrected chi connectivity index (χ4v) is 2.59. The Morgan fingerprint density at radius 2 is 2.05 bits per heavy atom. The molecule has 1 saturated heterocycles. The van der Waals surface area contributed by atoms with Crippen molar-refractivity contribution in [2.24, 2.45) is 11.8 Å². The Kier molecular flexibility index (Phi) is 4.60. The molecule has 1 aromatic rings. The predicted octanol–water partition coefficient (Wildman–Crippen LogP) is 0.983. The van der Waals surface area contributed by atoms with Gasteiger partial charge in [-0.15, -0.1) is 0 Å². The van der Waals surface area contributed by atoms with Gasteiger partial charge < -0.3 is 10.0 Å². The van der Waals surface area contributed by atoms with Crippen molar-refractivity contribution in [2.75, 3.05) is 13.1 Å². The van der Waals surface area contributed by atoms with Crippen LogP contribution in [0.25, 0.3) is 0 Å². The molecule has 19 heavy (non-hydrogen) atoms. The van der Waals surface area contributed by atoms with Crippen molar-refractivity contribution in [1.82, 2.24) is 4.90 Å². The van der Waals surface area contributed by atoms with Gasteiger partial charge in [0, 0.05) is 18.7 Å². The molecule has 1 heterocycles. The first-order valence-electron chi connectivity index (χ1n) is 6.84. The van der Waals surface area contributed by atoms with E-state index in [1.165, 1.54) is 6.07 Å². The molecule has 2 atom stereocenters. The molecule has 2 rings (SSSR count). The quantitative estimate of drug-likeness (QED) is 0.801. The van der Waals surface area contributed by atoms with Crippen molar-refractivity contribution in [1.29, 1.82) is 0 Å². The van der Waals surface area contributed by atoms with E-state index in [0.717, 1.165) is 25.4 Å². The smallest absolute Gasteiger partial charge is 0.423 e. The molecular formula is C14H21BFNO2. The van der Waals surface area contributed by atoms with E-state index in [1.807, 2.05) is 0 Å². The highest BCUT2D eigenvalue weighted by Crippen LogP contribution is 2.24. The lowest BCUT2D eigenvalue weighted by Gasteiger charge is -2.35. The second-order valence-corrected chi connectivity index (χ2v) is 5.70. The Labute approximate surface area is 114 Å². The highest BCUT2D eigenvalue weighted by atomic mass is 19.1. The lowest BCUT2D eigenvalue weighted by atomic mass is 9.80. The number of halogens is 1. The monoisotopic (exact) mass is 265 g/mol. The molecule has 2 N–H and O–H groups in total. The lowest BCUT2D eigenvalue weighted by molar-refractivity contribution is 0.131. The van der Waals surface area contributed by atoms with Gasteiger partial charge in [-0.3, -0.25) is 4.90 Å². The number of nitrogens with zero attached hydrogens (tertiary/aromatic N) is 1. The maximum absolute atomic E-state index is 13.9. The number of hydrogen-bond acceptors (Lipinski definition) is 3. The molecule has 0 aromatic heterocycles. The van der Waals surface area contributed by atoms with Crippen LogP contribution in [0.1, 0.15) is 25.8 Å². The minimum Gasteiger partial charge on any atom is -0.423 e. The summed E-state index contributed by atoms with van der Waals surface area (Å²) in [6.45, 7) is 7.07. The van der Waals surface area contributed by atoms with Crippen LogP contribution in [0, 0.1) is 17.7 Å². The first kappa shape index (κ1) is 14.5. The Hall–Kier alpha value is -0.905. The summed E-state index contributed by atoms with van der Waals surface area (Å²) < 4.78 is 13.9. The minimum atomic E-state index is -1.61. The Morgan fingerprint density at radius 3 is 2.63 bits per heavy atom. The van der Waals surface area contributed by atoms with Crippen molar-refractivity contribution in [3.05, 3.63) is 29.6 Å². The average molecular weight is 265 g/mol. The molecule has 5 heteroatoms. The molecule has 1 aromatic carbocycles. The average Bonchev–Trinajstić information content (AvgIpc) is 2.36. The van der Waals surface area contributed by atoms with E-state index in [4.69, 9.17) is 10.0 Å². The van der Waals surface area contributed by atoms with Crippen LogP contribution in [0.5, 0.6) is 0 Å². The first-order chi connectivity index (χ1) is 8.97. The second kappa shape index (κ2) is 6.03. The van der Waals surface area contributed by atoms with Gasteiger partial charge in [0.15, 0.2) is 0 Å². The molecule has 0 saturated carbocycles. The molecule has 0 spiro atoms. The van der Waals surface area contributed by atoms with E-state index in [9.17, 15) is 4.39 Å². The van der Waals surface area contributed by atoms with Crippen LogP contribution in [-0.2, 0) is 6.54 Å². The van der Waals surface area contributed by atoms with Crippen LogP contribution in [0.2, 0.25) is 0 Å². The molecule has 0 amide bonds. The molecule has 2 unspecified atom stereocenters. The van der Waals surface area contributed by atoms with Crippen LogP contribution in [-0.4, -0.2) is 35.2 Å². The van der Waals surface area contributed by atoms with Crippen molar-refractivity contribution < 1.29 is 14.4 Å². The molecule has 1 fully saturated rings. The zero-order valence-corrected chi connectivity index (χ0v) is 11.5. The van der Waals surface area contributed by atoms with Crippen LogP contribution in [0.4, 0.5) is 4.39 Å². The van der Waals surface area contributed by atoms with Crippen LogP contribution >= 0.6 is 0 Å². The van der Waals surface area contributed by atoms with Gasteiger partial charge in [-0.25, -0.2) is 4.39 Å². The van der Waals surface area contributed by atoms with Gasteiger partial charge in [0.25, 0.3) is 0 Å². The summed E-state index contributed by atoms with van der Waals surface area (Å²) in [5, 5.41) is 18.0. The van der Waals surface area contributed by atoms with E-state index in [0.29, 0.717) is 18.0 Å². The van der Waals surface area contributed by atoms with Gasteiger partial charge in [0.2, 0.25) is 0 Å². The molecule has 3 nitrogen and oxygen atoms in total. The number of benzene rings is 1. The third kappa shape index (κ3) is 3.56. The molecule has 1 aliphatic rings. The Bertz CT molecular complexity index is 441. The van der Waals surface area contributed by atoms with Crippen molar-refractivity contribution in [3.8, 4) is 0 Å². The molecule has 0 radical (unpaired) electrons. The zero-order valence-electron chi connectivity index (χ0n) is 11.5. The number of hydrogen-bond donors (Lipinski definition) is 2. The fraction of sp³-hybridized carbons (Fsp3) is 0.571. The highest BCUT2D eigenvalue weighted by Gasteiger charge is 2.23. The van der Waals surface area contributed by atoms with E-state index in [-0.39, 0.29) is 11.3 Å². The van der Waals surface area contributed by atoms with Crippen LogP contribution < -0.4 is 5.46 Å². The van der Waals surface area contributed by atoms with Gasteiger partial charge in [-0.1, -0.05) is 26.0 Å². The third-order valence-electron chi connectivity index (χ3n) is 4.19. The fourth-order valence-electron chi connectivity index (χ4n) is 2.59. The summed E-state index contributed by atoms with van der Waals surface area (Å²) in [4.78, 5) is 2.26. The van der Waals surface area contributed by atoms with Crippen molar-refractivity contribution in [3.63, 3.8) is 0 Å². The van der Waals surface area contributed by atoms with E-state index in [2.05, 4.69) is 18.7 Å². The molecule has 1 aliphatic heterocycles. The summed E-state index contributed by atoms with van der Waals surface area (Å²) in [5.74, 6) is 1.00. The highest BCUT2D eigenvalue weighted by molar-refractivity contribution is 6.58. The van der Waals surface area contributed by atoms with Crippen LogP contribution in [0.15, 0.2) is 18.2 Å². The summed E-state index contributed by atoms with van der Waals surface area (Å²) in [6.07, 6.45) is 1.15. The van der Waals surface area contributed by atoms with Crippen LogP contribution in [0.3, 0.4) is 0 Å².